The van der Waals surface area contributed by atoms with Crippen molar-refractivity contribution in [2.75, 3.05) is 11.5 Å². The molecule has 1 atom stereocenters. The van der Waals surface area contributed by atoms with Gasteiger partial charge in [0, 0.05) is 5.92 Å². The summed E-state index contributed by atoms with van der Waals surface area (Å²) in [6.45, 7) is 1.78. The molecule has 1 aliphatic heterocycles. The van der Waals surface area contributed by atoms with Gasteiger partial charge in [-0.2, -0.15) is 11.8 Å². The molecule has 0 aromatic heterocycles. The van der Waals surface area contributed by atoms with Crippen LogP contribution in [0.4, 0.5) is 4.39 Å². The average Bonchev–Trinajstić information content (AvgIpc) is 2.53. The lowest BCUT2D eigenvalue weighted by molar-refractivity contribution is -0.148. The molecule has 4 nitrogen and oxygen atoms in total. The molecule has 23 heavy (non-hydrogen) atoms. The standard InChI is InChI=1S/C17H22FNO3S/c1-12(5-6-13-3-2-4-14(18)11-13)15(20)19-17(16(21)22)7-9-23-10-8-17/h2-4,11-12H,5-10H2,1H3,(H,19,20)(H,21,22). The second kappa shape index (κ2) is 7.81. The van der Waals surface area contributed by atoms with E-state index < -0.39 is 11.5 Å². The molecule has 0 bridgehead atoms. The van der Waals surface area contributed by atoms with Gasteiger partial charge in [0.25, 0.3) is 0 Å². The van der Waals surface area contributed by atoms with E-state index in [-0.39, 0.29) is 17.6 Å². The van der Waals surface area contributed by atoms with Crippen LogP contribution in [0.3, 0.4) is 0 Å². The minimum Gasteiger partial charge on any atom is -0.480 e. The molecule has 1 aliphatic rings. The van der Waals surface area contributed by atoms with Crippen LogP contribution in [0.5, 0.6) is 0 Å². The summed E-state index contributed by atoms with van der Waals surface area (Å²) in [4.78, 5) is 23.9. The van der Waals surface area contributed by atoms with E-state index in [4.69, 9.17) is 0 Å². The van der Waals surface area contributed by atoms with Crippen LogP contribution in [0.25, 0.3) is 0 Å². The van der Waals surface area contributed by atoms with Gasteiger partial charge in [0.1, 0.15) is 11.4 Å². The fourth-order valence-electron chi connectivity index (χ4n) is 2.68. The maximum absolute atomic E-state index is 13.2. The van der Waals surface area contributed by atoms with Gasteiger partial charge in [-0.25, -0.2) is 9.18 Å². The Morgan fingerprint density at radius 3 is 2.70 bits per heavy atom. The summed E-state index contributed by atoms with van der Waals surface area (Å²) < 4.78 is 13.2. The first-order valence-electron chi connectivity index (χ1n) is 7.80. The molecule has 1 saturated heterocycles. The lowest BCUT2D eigenvalue weighted by Gasteiger charge is -2.34. The van der Waals surface area contributed by atoms with Crippen molar-refractivity contribution in [3.05, 3.63) is 35.6 Å². The van der Waals surface area contributed by atoms with Crippen molar-refractivity contribution in [3.63, 3.8) is 0 Å². The minimum absolute atomic E-state index is 0.240. The highest BCUT2D eigenvalue weighted by molar-refractivity contribution is 7.99. The molecule has 2 rings (SSSR count). The summed E-state index contributed by atoms with van der Waals surface area (Å²) >= 11 is 1.71. The third kappa shape index (κ3) is 4.70. The molecule has 0 radical (unpaired) electrons. The van der Waals surface area contributed by atoms with Gasteiger partial charge in [-0.1, -0.05) is 19.1 Å². The van der Waals surface area contributed by atoms with E-state index >= 15 is 0 Å². The summed E-state index contributed by atoms with van der Waals surface area (Å²) in [5.74, 6) is -0.318. The number of thioether (sulfide) groups is 1. The first-order chi connectivity index (χ1) is 10.9. The lowest BCUT2D eigenvalue weighted by atomic mass is 9.90. The van der Waals surface area contributed by atoms with E-state index in [9.17, 15) is 19.1 Å². The predicted octanol–water partition coefficient (Wildman–Crippen LogP) is 2.86. The molecular weight excluding hydrogens is 317 g/mol. The van der Waals surface area contributed by atoms with Crippen LogP contribution in [0.2, 0.25) is 0 Å². The molecule has 0 aliphatic carbocycles. The molecule has 6 heteroatoms. The van der Waals surface area contributed by atoms with Gasteiger partial charge in [-0.15, -0.1) is 0 Å². The van der Waals surface area contributed by atoms with E-state index in [1.165, 1.54) is 12.1 Å². The third-order valence-electron chi connectivity index (χ3n) is 4.32. The van der Waals surface area contributed by atoms with Crippen molar-refractivity contribution in [2.45, 2.75) is 38.1 Å². The highest BCUT2D eigenvalue weighted by Gasteiger charge is 2.41. The predicted molar refractivity (Wildman–Crippen MR) is 89.0 cm³/mol. The zero-order valence-electron chi connectivity index (χ0n) is 13.2. The topological polar surface area (TPSA) is 66.4 Å². The van der Waals surface area contributed by atoms with Gasteiger partial charge < -0.3 is 10.4 Å². The Kier molecular flexibility index (Phi) is 6.04. The average molecular weight is 339 g/mol. The number of benzene rings is 1. The monoisotopic (exact) mass is 339 g/mol. The largest absolute Gasteiger partial charge is 0.480 e. The Morgan fingerprint density at radius 2 is 2.09 bits per heavy atom. The molecule has 2 N–H and O–H groups in total. The normalized spacial score (nSPS) is 18.2. The summed E-state index contributed by atoms with van der Waals surface area (Å²) in [7, 11) is 0. The summed E-state index contributed by atoms with van der Waals surface area (Å²) in [5.41, 5.74) is -0.290. The fourth-order valence-corrected chi connectivity index (χ4v) is 3.87. The van der Waals surface area contributed by atoms with E-state index in [0.29, 0.717) is 25.7 Å². The lowest BCUT2D eigenvalue weighted by Crippen LogP contribution is -2.57. The molecule has 1 aromatic rings. The molecule has 1 fully saturated rings. The molecule has 1 heterocycles. The number of hydrogen-bond donors (Lipinski definition) is 2. The zero-order chi connectivity index (χ0) is 16.9. The van der Waals surface area contributed by atoms with Crippen LogP contribution in [-0.4, -0.2) is 34.0 Å². The third-order valence-corrected chi connectivity index (χ3v) is 5.31. The maximum Gasteiger partial charge on any atom is 0.329 e. The van der Waals surface area contributed by atoms with Crippen molar-refractivity contribution < 1.29 is 19.1 Å². The number of aryl methyl sites for hydroxylation is 1. The van der Waals surface area contributed by atoms with Crippen LogP contribution in [0, 0.1) is 11.7 Å². The number of rotatable bonds is 6. The van der Waals surface area contributed by atoms with Crippen molar-refractivity contribution in [2.24, 2.45) is 5.92 Å². The van der Waals surface area contributed by atoms with E-state index in [0.717, 1.165) is 17.1 Å². The van der Waals surface area contributed by atoms with Crippen molar-refractivity contribution in [1.82, 2.24) is 5.32 Å². The Hall–Kier alpha value is -1.56. The van der Waals surface area contributed by atoms with Gasteiger partial charge in [0.05, 0.1) is 0 Å². The number of hydrogen-bond acceptors (Lipinski definition) is 3. The van der Waals surface area contributed by atoms with Gasteiger partial charge in [0.2, 0.25) is 5.91 Å². The number of nitrogens with one attached hydrogen (secondary N) is 1. The number of carbonyl (C=O) groups excluding carboxylic acids is 1. The highest BCUT2D eigenvalue weighted by atomic mass is 32.2. The number of carbonyl (C=O) groups is 2. The number of aliphatic carboxylic acids is 1. The minimum atomic E-state index is -1.13. The summed E-state index contributed by atoms with van der Waals surface area (Å²) in [5, 5.41) is 12.2. The quantitative estimate of drug-likeness (QED) is 0.836. The van der Waals surface area contributed by atoms with Crippen molar-refractivity contribution in [1.29, 1.82) is 0 Å². The Labute approximate surface area is 139 Å². The Balaban J connectivity index is 1.92. The maximum atomic E-state index is 13.2. The first kappa shape index (κ1) is 17.8. The van der Waals surface area contributed by atoms with Crippen molar-refractivity contribution in [3.8, 4) is 0 Å². The van der Waals surface area contributed by atoms with Gasteiger partial charge >= 0.3 is 5.97 Å². The summed E-state index contributed by atoms with van der Waals surface area (Å²) in [6, 6.07) is 6.32. The van der Waals surface area contributed by atoms with Crippen molar-refractivity contribution >= 4 is 23.6 Å². The molecule has 1 unspecified atom stereocenters. The molecule has 126 valence electrons. The molecule has 1 amide bonds. The van der Waals surface area contributed by atoms with E-state index in [1.54, 1.807) is 24.8 Å². The second-order valence-corrected chi connectivity index (χ2v) is 7.28. The SMILES string of the molecule is CC(CCc1cccc(F)c1)C(=O)NC1(C(=O)O)CCSCC1. The number of carboxylic acids is 1. The highest BCUT2D eigenvalue weighted by Crippen LogP contribution is 2.28. The van der Waals surface area contributed by atoms with Gasteiger partial charge in [-0.3, -0.25) is 4.79 Å². The Bertz CT molecular complexity index is 573. The van der Waals surface area contributed by atoms with Crippen LogP contribution >= 0.6 is 11.8 Å². The number of halogens is 1. The molecular formula is C17H22FNO3S. The Morgan fingerprint density at radius 1 is 1.39 bits per heavy atom. The number of carboxylic acid groups (broad SMARTS) is 1. The second-order valence-electron chi connectivity index (χ2n) is 6.06. The molecule has 0 spiro atoms. The van der Waals surface area contributed by atoms with Gasteiger partial charge in [-0.05, 0) is 54.9 Å². The fraction of sp³-hybridized carbons (Fsp3) is 0.529. The van der Waals surface area contributed by atoms with Crippen LogP contribution in [0.1, 0.15) is 31.7 Å². The zero-order valence-corrected chi connectivity index (χ0v) is 14.0. The smallest absolute Gasteiger partial charge is 0.329 e. The van der Waals surface area contributed by atoms with Crippen LogP contribution < -0.4 is 5.32 Å². The molecule has 1 aromatic carbocycles. The first-order valence-corrected chi connectivity index (χ1v) is 8.96. The molecule has 0 saturated carbocycles. The van der Waals surface area contributed by atoms with Gasteiger partial charge in [0.15, 0.2) is 0 Å². The van der Waals surface area contributed by atoms with E-state index in [1.807, 2.05) is 6.07 Å². The summed E-state index contributed by atoms with van der Waals surface area (Å²) in [6.07, 6.45) is 2.05. The number of amides is 1. The van der Waals surface area contributed by atoms with Crippen LogP contribution in [-0.2, 0) is 16.0 Å². The van der Waals surface area contributed by atoms with E-state index in [2.05, 4.69) is 5.32 Å². The van der Waals surface area contributed by atoms with Crippen LogP contribution in [0.15, 0.2) is 24.3 Å².